The minimum absolute atomic E-state index is 0.0259. The average Bonchev–Trinajstić information content (AvgIpc) is 2.90. The lowest BCUT2D eigenvalue weighted by Crippen LogP contribution is -2.49. The molecule has 1 saturated heterocycles. The molecule has 2 radical (unpaired) electrons. The molecule has 32 heavy (non-hydrogen) atoms. The zero-order chi connectivity index (χ0) is 23.7. The van der Waals surface area contributed by atoms with E-state index < -0.39 is 17.6 Å². The third-order valence-corrected chi connectivity index (χ3v) is 6.63. The van der Waals surface area contributed by atoms with Gasteiger partial charge in [-0.3, -0.25) is 9.59 Å². The van der Waals surface area contributed by atoms with Gasteiger partial charge in [-0.1, -0.05) is 30.3 Å². The molecule has 1 aromatic rings. The molecule has 7 heteroatoms. The Balaban J connectivity index is 1.85. The van der Waals surface area contributed by atoms with Crippen LogP contribution in [-0.2, 0) is 16.0 Å². The van der Waals surface area contributed by atoms with Crippen molar-refractivity contribution in [2.24, 2.45) is 11.8 Å². The van der Waals surface area contributed by atoms with Crippen LogP contribution in [0.4, 0.5) is 4.79 Å². The normalized spacial score (nSPS) is 30.2. The number of aliphatic hydroxyl groups excluding tert-OH is 1. The Morgan fingerprint density at radius 2 is 1.88 bits per heavy atom. The second-order valence-electron chi connectivity index (χ2n) is 10.9. The van der Waals surface area contributed by atoms with E-state index in [2.05, 4.69) is 5.32 Å². The van der Waals surface area contributed by atoms with Gasteiger partial charge in [-0.15, -0.1) is 0 Å². The summed E-state index contributed by atoms with van der Waals surface area (Å²) in [6.07, 6.45) is 2.32. The van der Waals surface area contributed by atoms with Gasteiger partial charge in [-0.2, -0.15) is 0 Å². The molecular formula is C25H37BN2O4. The van der Waals surface area contributed by atoms with E-state index in [1.54, 1.807) is 4.90 Å². The molecule has 2 fully saturated rings. The standard InChI is InChI=1S/C25H37BN2O4/c1-24(2,3)27-22(30)19-12-11-18(29)14-17(19)15-21-20(13-16-9-7-6-8-10-16)28(23(26)31)25(4,5)32-21/h6-10,17-21,29H,11-15H2,1-5H3,(H,27,30)/t17?,18?,19?,20-,21+/m0/s1. The molecule has 2 aliphatic rings. The van der Waals surface area contributed by atoms with Gasteiger partial charge < -0.3 is 20.1 Å². The van der Waals surface area contributed by atoms with Crippen LogP contribution in [0.15, 0.2) is 30.3 Å². The minimum Gasteiger partial charge on any atom is -0.393 e. The third kappa shape index (κ3) is 5.93. The Morgan fingerprint density at radius 1 is 1.22 bits per heavy atom. The third-order valence-electron chi connectivity index (χ3n) is 6.63. The molecule has 5 atom stereocenters. The highest BCUT2D eigenvalue weighted by Gasteiger charge is 2.50. The summed E-state index contributed by atoms with van der Waals surface area (Å²) in [5, 5.41) is 13.5. The second-order valence-corrected chi connectivity index (χ2v) is 10.9. The van der Waals surface area contributed by atoms with Crippen molar-refractivity contribution in [3.05, 3.63) is 35.9 Å². The van der Waals surface area contributed by atoms with Crippen LogP contribution in [0.2, 0.25) is 0 Å². The van der Waals surface area contributed by atoms with Crippen LogP contribution in [0, 0.1) is 11.8 Å². The first kappa shape index (κ1) is 24.8. The van der Waals surface area contributed by atoms with Crippen molar-refractivity contribution in [2.75, 3.05) is 0 Å². The second kappa shape index (κ2) is 9.56. The molecule has 3 rings (SSSR count). The summed E-state index contributed by atoms with van der Waals surface area (Å²) in [4.78, 5) is 27.1. The summed E-state index contributed by atoms with van der Waals surface area (Å²) >= 11 is 0. The molecule has 0 bridgehead atoms. The summed E-state index contributed by atoms with van der Waals surface area (Å²) in [5.74, 6) is -0.709. The first-order chi connectivity index (χ1) is 14.9. The zero-order valence-corrected chi connectivity index (χ0v) is 20.0. The Morgan fingerprint density at radius 3 is 2.47 bits per heavy atom. The van der Waals surface area contributed by atoms with Crippen LogP contribution in [-0.4, -0.2) is 59.1 Å². The Kier molecular flexibility index (Phi) is 7.40. The number of amides is 2. The number of nitrogens with zero attached hydrogens (tertiary/aromatic N) is 1. The van der Waals surface area contributed by atoms with E-state index in [9.17, 15) is 14.7 Å². The van der Waals surface area contributed by atoms with Crippen molar-refractivity contribution in [3.8, 4) is 0 Å². The number of nitrogens with one attached hydrogen (secondary N) is 1. The lowest BCUT2D eigenvalue weighted by Gasteiger charge is -2.37. The number of hydrogen-bond donors (Lipinski definition) is 2. The quantitative estimate of drug-likeness (QED) is 0.688. The molecule has 1 aliphatic heterocycles. The number of aliphatic hydroxyl groups is 1. The predicted octanol–water partition coefficient (Wildman–Crippen LogP) is 3.41. The maximum atomic E-state index is 13.1. The number of carbonyl (C=O) groups is 2. The van der Waals surface area contributed by atoms with Gasteiger partial charge in [-0.25, -0.2) is 0 Å². The van der Waals surface area contributed by atoms with E-state index in [0.717, 1.165) is 5.56 Å². The van der Waals surface area contributed by atoms with E-state index in [1.165, 1.54) is 0 Å². The van der Waals surface area contributed by atoms with Crippen molar-refractivity contribution in [1.29, 1.82) is 0 Å². The number of hydrogen-bond acceptors (Lipinski definition) is 4. The molecule has 1 aliphatic carbocycles. The largest absolute Gasteiger partial charge is 0.393 e. The van der Waals surface area contributed by atoms with Gasteiger partial charge in [0, 0.05) is 11.5 Å². The Hall–Kier alpha value is -1.86. The molecule has 0 spiro atoms. The Bertz CT molecular complexity index is 808. The maximum absolute atomic E-state index is 13.1. The lowest BCUT2D eigenvalue weighted by atomic mass is 9.73. The molecular weight excluding hydrogens is 403 g/mol. The highest BCUT2D eigenvalue weighted by molar-refractivity contribution is 6.57. The summed E-state index contributed by atoms with van der Waals surface area (Å²) in [7, 11) is 5.78. The van der Waals surface area contributed by atoms with Crippen molar-refractivity contribution in [2.45, 2.75) is 96.2 Å². The summed E-state index contributed by atoms with van der Waals surface area (Å²) in [5.41, 5.74) is -0.0603. The van der Waals surface area contributed by atoms with Crippen LogP contribution in [0.25, 0.3) is 0 Å². The zero-order valence-electron chi connectivity index (χ0n) is 20.0. The van der Waals surface area contributed by atoms with Crippen molar-refractivity contribution in [3.63, 3.8) is 0 Å². The average molecular weight is 440 g/mol. The number of rotatable bonds is 5. The van der Waals surface area contributed by atoms with E-state index in [0.29, 0.717) is 32.1 Å². The molecule has 3 unspecified atom stereocenters. The monoisotopic (exact) mass is 440 g/mol. The fraction of sp³-hybridized carbons (Fsp3) is 0.680. The molecule has 174 valence electrons. The fourth-order valence-electron chi connectivity index (χ4n) is 5.39. The molecule has 1 heterocycles. The first-order valence-corrected chi connectivity index (χ1v) is 11.7. The van der Waals surface area contributed by atoms with Gasteiger partial charge in [0.05, 0.1) is 18.2 Å². The van der Waals surface area contributed by atoms with Crippen LogP contribution in [0.1, 0.15) is 65.9 Å². The smallest absolute Gasteiger partial charge is 0.223 e. The van der Waals surface area contributed by atoms with E-state index >= 15 is 0 Å². The number of benzene rings is 1. The molecule has 0 aromatic heterocycles. The van der Waals surface area contributed by atoms with Crippen LogP contribution in [0.5, 0.6) is 0 Å². The van der Waals surface area contributed by atoms with Gasteiger partial charge in [0.25, 0.3) is 0 Å². The predicted molar refractivity (Wildman–Crippen MR) is 125 cm³/mol. The van der Waals surface area contributed by atoms with Crippen molar-refractivity contribution >= 4 is 19.6 Å². The molecule has 2 N–H and O–H groups in total. The molecule has 1 aromatic carbocycles. The minimum atomic E-state index is -0.841. The van der Waals surface area contributed by atoms with E-state index in [-0.39, 0.29) is 35.4 Å². The van der Waals surface area contributed by atoms with Crippen LogP contribution in [0.3, 0.4) is 0 Å². The highest BCUT2D eigenvalue weighted by atomic mass is 16.5. The molecule has 2 amide bonds. The van der Waals surface area contributed by atoms with Gasteiger partial charge >= 0.3 is 0 Å². The number of carbonyl (C=O) groups excluding carboxylic acids is 2. The van der Waals surface area contributed by atoms with Gasteiger partial charge in [0.15, 0.2) is 5.81 Å². The van der Waals surface area contributed by atoms with Gasteiger partial charge in [-0.05, 0) is 78.2 Å². The SMILES string of the molecule is [B]C(=O)N1[C@@H](Cc2ccccc2)[C@@H](CC2CC(O)CCC2C(=O)NC(C)(C)C)OC1(C)C. The van der Waals surface area contributed by atoms with Crippen molar-refractivity contribution in [1.82, 2.24) is 10.2 Å². The number of ether oxygens (including phenoxy) is 1. The topological polar surface area (TPSA) is 78.9 Å². The van der Waals surface area contributed by atoms with Crippen LogP contribution >= 0.6 is 0 Å². The van der Waals surface area contributed by atoms with Gasteiger partial charge in [0.1, 0.15) is 5.72 Å². The summed E-state index contributed by atoms with van der Waals surface area (Å²) in [6.45, 7) is 9.63. The van der Waals surface area contributed by atoms with Crippen LogP contribution < -0.4 is 5.32 Å². The summed E-state index contributed by atoms with van der Waals surface area (Å²) in [6, 6.07) is 9.74. The maximum Gasteiger partial charge on any atom is 0.223 e. The summed E-state index contributed by atoms with van der Waals surface area (Å²) < 4.78 is 6.39. The fourth-order valence-corrected chi connectivity index (χ4v) is 5.39. The van der Waals surface area contributed by atoms with E-state index in [1.807, 2.05) is 65.0 Å². The van der Waals surface area contributed by atoms with E-state index in [4.69, 9.17) is 12.6 Å². The van der Waals surface area contributed by atoms with Crippen molar-refractivity contribution < 1.29 is 19.4 Å². The lowest BCUT2D eigenvalue weighted by molar-refractivity contribution is -0.131. The highest BCUT2D eigenvalue weighted by Crippen LogP contribution is 2.41. The Labute approximate surface area is 193 Å². The van der Waals surface area contributed by atoms with Gasteiger partial charge in [0.2, 0.25) is 13.8 Å². The molecule has 1 saturated carbocycles. The molecule has 6 nitrogen and oxygen atoms in total. The first-order valence-electron chi connectivity index (χ1n) is 11.7.